The summed E-state index contributed by atoms with van der Waals surface area (Å²) in [5.74, 6) is 0.585. The number of ether oxygens (including phenoxy) is 3. The molecule has 2 fully saturated rings. The van der Waals surface area contributed by atoms with Crippen molar-refractivity contribution in [2.75, 3.05) is 25.6 Å². The van der Waals surface area contributed by atoms with Crippen LogP contribution in [0.15, 0.2) is 22.7 Å². The minimum absolute atomic E-state index is 0.292. The molecule has 1 saturated carbocycles. The highest BCUT2D eigenvalue weighted by Gasteiger charge is 2.40. The van der Waals surface area contributed by atoms with Gasteiger partial charge in [0.25, 0.3) is 0 Å². The van der Waals surface area contributed by atoms with E-state index in [1.807, 2.05) is 12.1 Å². The number of halogens is 1. The number of benzene rings is 1. The average Bonchev–Trinajstić information content (AvgIpc) is 2.90. The van der Waals surface area contributed by atoms with Gasteiger partial charge < -0.3 is 19.5 Å². The summed E-state index contributed by atoms with van der Waals surface area (Å²) in [4.78, 5) is 0. The summed E-state index contributed by atoms with van der Waals surface area (Å²) in [5.41, 5.74) is 1.04. The monoisotopic (exact) mass is 341 g/mol. The molecule has 1 aliphatic carbocycles. The van der Waals surface area contributed by atoms with Crippen LogP contribution in [0.1, 0.15) is 25.7 Å². The van der Waals surface area contributed by atoms with Crippen molar-refractivity contribution >= 4 is 21.6 Å². The lowest BCUT2D eigenvalue weighted by atomic mass is 9.90. The first-order valence-corrected chi connectivity index (χ1v) is 7.88. The number of hydrogen-bond acceptors (Lipinski definition) is 4. The first kappa shape index (κ1) is 14.2. The van der Waals surface area contributed by atoms with Crippen LogP contribution in [0.3, 0.4) is 0 Å². The van der Waals surface area contributed by atoms with Crippen molar-refractivity contribution in [1.29, 1.82) is 0 Å². The highest BCUT2D eigenvalue weighted by atomic mass is 79.9. The normalized spacial score (nSPS) is 22.1. The van der Waals surface area contributed by atoms with E-state index in [-0.39, 0.29) is 5.79 Å². The zero-order valence-electron chi connectivity index (χ0n) is 11.7. The van der Waals surface area contributed by atoms with Crippen molar-refractivity contribution in [2.45, 2.75) is 37.5 Å². The highest BCUT2D eigenvalue weighted by Crippen LogP contribution is 2.38. The molecular formula is C15H20BrNO3. The Bertz CT molecular complexity index is 464. The molecule has 0 atom stereocenters. The molecule has 1 aromatic rings. The van der Waals surface area contributed by atoms with Crippen LogP contribution in [0.25, 0.3) is 0 Å². The second-order valence-corrected chi connectivity index (χ2v) is 6.29. The fraction of sp³-hybridized carbons (Fsp3) is 0.600. The van der Waals surface area contributed by atoms with E-state index in [2.05, 4.69) is 27.3 Å². The number of hydrogen-bond donors (Lipinski definition) is 1. The second-order valence-electron chi connectivity index (χ2n) is 5.37. The lowest BCUT2D eigenvalue weighted by molar-refractivity contribution is -0.177. The molecule has 5 heteroatoms. The van der Waals surface area contributed by atoms with E-state index in [1.54, 1.807) is 7.11 Å². The zero-order valence-corrected chi connectivity index (χ0v) is 13.2. The number of nitrogens with one attached hydrogen (secondary N) is 1. The third kappa shape index (κ3) is 2.95. The Hall–Kier alpha value is -0.780. The molecule has 20 heavy (non-hydrogen) atoms. The van der Waals surface area contributed by atoms with E-state index in [9.17, 15) is 0 Å². The number of rotatable bonds is 3. The molecule has 0 aromatic heterocycles. The maximum absolute atomic E-state index is 5.76. The topological polar surface area (TPSA) is 39.7 Å². The molecule has 0 radical (unpaired) electrons. The van der Waals surface area contributed by atoms with Gasteiger partial charge in [0, 0.05) is 23.4 Å². The van der Waals surface area contributed by atoms with Gasteiger partial charge in [-0.1, -0.05) is 15.9 Å². The molecule has 110 valence electrons. The predicted molar refractivity (Wildman–Crippen MR) is 81.2 cm³/mol. The van der Waals surface area contributed by atoms with Crippen LogP contribution in [-0.2, 0) is 9.47 Å². The third-order valence-electron chi connectivity index (χ3n) is 4.08. The Morgan fingerprint density at radius 3 is 2.60 bits per heavy atom. The molecule has 1 saturated heterocycles. The Balaban J connectivity index is 1.63. The summed E-state index contributed by atoms with van der Waals surface area (Å²) in [7, 11) is 1.70. The molecule has 1 aliphatic heterocycles. The lowest BCUT2D eigenvalue weighted by Gasteiger charge is -2.36. The quantitative estimate of drug-likeness (QED) is 0.912. The highest BCUT2D eigenvalue weighted by molar-refractivity contribution is 9.10. The van der Waals surface area contributed by atoms with Gasteiger partial charge in [-0.05, 0) is 31.0 Å². The van der Waals surface area contributed by atoms with Gasteiger partial charge in [0.2, 0.25) is 0 Å². The molecule has 1 N–H and O–H groups in total. The first-order valence-electron chi connectivity index (χ1n) is 7.09. The van der Waals surface area contributed by atoms with Crippen LogP contribution >= 0.6 is 15.9 Å². The van der Waals surface area contributed by atoms with E-state index in [4.69, 9.17) is 14.2 Å². The first-order chi connectivity index (χ1) is 9.71. The average molecular weight is 342 g/mol. The molecule has 0 bridgehead atoms. The second kappa shape index (κ2) is 5.92. The van der Waals surface area contributed by atoms with E-state index in [1.165, 1.54) is 0 Å². The third-order valence-corrected chi connectivity index (χ3v) is 4.58. The summed E-state index contributed by atoms with van der Waals surface area (Å²) in [6.45, 7) is 1.47. The van der Waals surface area contributed by atoms with E-state index < -0.39 is 0 Å². The Kier molecular flexibility index (Phi) is 4.19. The van der Waals surface area contributed by atoms with E-state index in [0.29, 0.717) is 6.04 Å². The summed E-state index contributed by atoms with van der Waals surface area (Å²) in [5, 5.41) is 3.58. The maximum atomic E-state index is 5.76. The molecule has 0 unspecified atom stereocenters. The van der Waals surface area contributed by atoms with Crippen LogP contribution in [0, 0.1) is 0 Å². The summed E-state index contributed by atoms with van der Waals surface area (Å²) < 4.78 is 18.0. The minimum atomic E-state index is -0.292. The summed E-state index contributed by atoms with van der Waals surface area (Å²) >= 11 is 3.50. The molecule has 3 rings (SSSR count). The van der Waals surface area contributed by atoms with Crippen LogP contribution in [0.5, 0.6) is 5.75 Å². The standard InChI is InChI=1S/C15H20BrNO3/c1-18-14-3-2-11(16)10-13(14)17-12-4-6-15(7-5-12)19-8-9-20-15/h2-3,10,12,17H,4-9H2,1H3. The molecule has 1 aromatic carbocycles. The predicted octanol–water partition coefficient (Wildman–Crippen LogP) is 3.56. The lowest BCUT2D eigenvalue weighted by Crippen LogP contribution is -2.39. The van der Waals surface area contributed by atoms with Crippen molar-refractivity contribution in [2.24, 2.45) is 0 Å². The van der Waals surface area contributed by atoms with Crippen molar-refractivity contribution in [1.82, 2.24) is 0 Å². The zero-order chi connectivity index (χ0) is 14.0. The van der Waals surface area contributed by atoms with Crippen molar-refractivity contribution in [3.05, 3.63) is 22.7 Å². The summed E-state index contributed by atoms with van der Waals surface area (Å²) in [6, 6.07) is 6.46. The number of anilines is 1. The number of methoxy groups -OCH3 is 1. The van der Waals surface area contributed by atoms with Crippen LogP contribution < -0.4 is 10.1 Å². The van der Waals surface area contributed by atoms with E-state index >= 15 is 0 Å². The Labute approximate surface area is 127 Å². The van der Waals surface area contributed by atoms with Crippen LogP contribution in [0.2, 0.25) is 0 Å². The van der Waals surface area contributed by atoms with E-state index in [0.717, 1.165) is 54.8 Å². The maximum Gasteiger partial charge on any atom is 0.168 e. The summed E-state index contributed by atoms with van der Waals surface area (Å²) in [6.07, 6.45) is 4.02. The van der Waals surface area contributed by atoms with Gasteiger partial charge in [-0.25, -0.2) is 0 Å². The van der Waals surface area contributed by atoms with Gasteiger partial charge in [-0.15, -0.1) is 0 Å². The molecular weight excluding hydrogens is 322 g/mol. The van der Waals surface area contributed by atoms with Crippen LogP contribution in [-0.4, -0.2) is 32.2 Å². The molecule has 1 heterocycles. The Morgan fingerprint density at radius 2 is 1.95 bits per heavy atom. The molecule has 1 spiro atoms. The van der Waals surface area contributed by atoms with Crippen molar-refractivity contribution in [3.63, 3.8) is 0 Å². The fourth-order valence-corrected chi connectivity index (χ4v) is 3.36. The smallest absolute Gasteiger partial charge is 0.168 e. The van der Waals surface area contributed by atoms with Gasteiger partial charge in [-0.3, -0.25) is 0 Å². The van der Waals surface area contributed by atoms with Crippen molar-refractivity contribution < 1.29 is 14.2 Å². The van der Waals surface area contributed by atoms with Crippen LogP contribution in [0.4, 0.5) is 5.69 Å². The van der Waals surface area contributed by atoms with Gasteiger partial charge >= 0.3 is 0 Å². The SMILES string of the molecule is COc1ccc(Br)cc1NC1CCC2(CC1)OCCO2. The fourth-order valence-electron chi connectivity index (χ4n) is 3.00. The minimum Gasteiger partial charge on any atom is -0.495 e. The Morgan fingerprint density at radius 1 is 1.25 bits per heavy atom. The van der Waals surface area contributed by atoms with Gasteiger partial charge in [-0.2, -0.15) is 0 Å². The van der Waals surface area contributed by atoms with Crippen molar-refractivity contribution in [3.8, 4) is 5.75 Å². The largest absolute Gasteiger partial charge is 0.495 e. The molecule has 2 aliphatic rings. The molecule has 4 nitrogen and oxygen atoms in total. The van der Waals surface area contributed by atoms with Gasteiger partial charge in [0.15, 0.2) is 5.79 Å². The molecule has 0 amide bonds. The van der Waals surface area contributed by atoms with Gasteiger partial charge in [0.05, 0.1) is 26.0 Å². The van der Waals surface area contributed by atoms with Gasteiger partial charge in [0.1, 0.15) is 5.75 Å².